The minimum Gasteiger partial charge on any atom is -0.469 e. The number of nitrogens with two attached hydrogens (primary N) is 1. The van der Waals surface area contributed by atoms with Gasteiger partial charge in [0.15, 0.2) is 0 Å². The van der Waals surface area contributed by atoms with Crippen molar-refractivity contribution in [3.63, 3.8) is 0 Å². The Kier molecular flexibility index (Phi) is 2.73. The van der Waals surface area contributed by atoms with Gasteiger partial charge in [0.25, 0.3) is 0 Å². The third-order valence-electron chi connectivity index (χ3n) is 3.07. The van der Waals surface area contributed by atoms with Crippen molar-refractivity contribution >= 4 is 5.97 Å². The molecule has 0 saturated heterocycles. The molecule has 12 heavy (non-hydrogen) atoms. The molecule has 70 valence electrons. The average Bonchev–Trinajstić information content (AvgIpc) is 2.46. The first-order valence-corrected chi connectivity index (χ1v) is 4.51. The van der Waals surface area contributed by atoms with Crippen molar-refractivity contribution in [3.8, 4) is 0 Å². The van der Waals surface area contributed by atoms with Gasteiger partial charge in [0.2, 0.25) is 0 Å². The van der Waals surface area contributed by atoms with Crippen molar-refractivity contribution in [2.75, 3.05) is 7.11 Å². The normalized spacial score (nSPS) is 35.1. The third-order valence-corrected chi connectivity index (χ3v) is 3.07. The first-order chi connectivity index (χ1) is 5.67. The van der Waals surface area contributed by atoms with Gasteiger partial charge in [0.1, 0.15) is 0 Å². The van der Waals surface area contributed by atoms with Gasteiger partial charge in [0, 0.05) is 6.04 Å². The van der Waals surface area contributed by atoms with Crippen LogP contribution in [0.4, 0.5) is 0 Å². The molecule has 0 aromatic rings. The largest absolute Gasteiger partial charge is 0.469 e. The van der Waals surface area contributed by atoms with E-state index in [-0.39, 0.29) is 17.4 Å². The Bertz CT molecular complexity index is 181. The van der Waals surface area contributed by atoms with Crippen LogP contribution in [0.3, 0.4) is 0 Å². The highest BCUT2D eigenvalue weighted by Gasteiger charge is 2.46. The van der Waals surface area contributed by atoms with Gasteiger partial charge in [0.05, 0.1) is 12.5 Å². The molecular formula is C9H17NO2. The summed E-state index contributed by atoms with van der Waals surface area (Å²) in [7, 11) is 1.44. The molecule has 0 radical (unpaired) electrons. The smallest absolute Gasteiger partial charge is 0.313 e. The highest BCUT2D eigenvalue weighted by Crippen LogP contribution is 2.40. The van der Waals surface area contributed by atoms with Crippen molar-refractivity contribution in [2.24, 2.45) is 11.1 Å². The molecule has 3 heteroatoms. The van der Waals surface area contributed by atoms with E-state index in [4.69, 9.17) is 10.5 Å². The van der Waals surface area contributed by atoms with Gasteiger partial charge in [-0.1, -0.05) is 13.3 Å². The summed E-state index contributed by atoms with van der Waals surface area (Å²) in [6.07, 6.45) is 3.67. The summed E-state index contributed by atoms with van der Waals surface area (Å²) in [6, 6.07) is -0.00468. The van der Waals surface area contributed by atoms with Crippen LogP contribution in [0.5, 0.6) is 0 Å². The Hall–Kier alpha value is -0.570. The highest BCUT2D eigenvalue weighted by molar-refractivity contribution is 5.78. The van der Waals surface area contributed by atoms with E-state index in [1.807, 2.05) is 6.92 Å². The maximum atomic E-state index is 11.5. The molecule has 2 atom stereocenters. The molecule has 0 heterocycles. The van der Waals surface area contributed by atoms with E-state index in [9.17, 15) is 4.79 Å². The number of carbonyl (C=O) groups excluding carboxylic acids is 1. The predicted molar refractivity (Wildman–Crippen MR) is 46.6 cm³/mol. The quantitative estimate of drug-likeness (QED) is 0.632. The van der Waals surface area contributed by atoms with Gasteiger partial charge in [-0.15, -0.1) is 0 Å². The molecule has 1 aliphatic carbocycles. The molecule has 1 saturated carbocycles. The first kappa shape index (κ1) is 9.52. The van der Waals surface area contributed by atoms with Crippen molar-refractivity contribution in [1.82, 2.24) is 0 Å². The number of ether oxygens (including phenoxy) is 1. The number of methoxy groups -OCH3 is 1. The average molecular weight is 171 g/mol. The minimum atomic E-state index is -0.380. The summed E-state index contributed by atoms with van der Waals surface area (Å²) in [5, 5.41) is 0. The molecule has 0 unspecified atom stereocenters. The monoisotopic (exact) mass is 171 g/mol. The lowest BCUT2D eigenvalue weighted by Crippen LogP contribution is -2.43. The summed E-state index contributed by atoms with van der Waals surface area (Å²) >= 11 is 0. The van der Waals surface area contributed by atoms with Crippen molar-refractivity contribution in [3.05, 3.63) is 0 Å². The van der Waals surface area contributed by atoms with Crippen molar-refractivity contribution in [2.45, 2.75) is 38.6 Å². The standard InChI is InChI=1S/C9H17NO2/c1-3-9(8(11)12-2)6-4-5-7(9)10/h7H,3-6,10H2,1-2H3/t7-,9+/m1/s1. The minimum absolute atomic E-state index is 0.00468. The fourth-order valence-corrected chi connectivity index (χ4v) is 2.14. The van der Waals surface area contributed by atoms with Crippen LogP contribution >= 0.6 is 0 Å². The van der Waals surface area contributed by atoms with E-state index in [0.29, 0.717) is 0 Å². The molecule has 0 spiro atoms. The maximum absolute atomic E-state index is 11.5. The molecule has 0 bridgehead atoms. The third kappa shape index (κ3) is 1.22. The second-order valence-electron chi connectivity index (χ2n) is 3.50. The van der Waals surface area contributed by atoms with Gasteiger partial charge < -0.3 is 10.5 Å². The summed E-state index contributed by atoms with van der Waals surface area (Å²) in [6.45, 7) is 2.00. The van der Waals surface area contributed by atoms with Gasteiger partial charge in [-0.2, -0.15) is 0 Å². The van der Waals surface area contributed by atoms with Crippen LogP contribution in [-0.2, 0) is 9.53 Å². The van der Waals surface area contributed by atoms with Crippen LogP contribution < -0.4 is 5.73 Å². The van der Waals surface area contributed by atoms with Crippen LogP contribution in [-0.4, -0.2) is 19.1 Å². The summed E-state index contributed by atoms with van der Waals surface area (Å²) in [5.41, 5.74) is 5.52. The molecule has 3 nitrogen and oxygen atoms in total. The van der Waals surface area contributed by atoms with Gasteiger partial charge in [-0.05, 0) is 19.3 Å². The summed E-state index contributed by atoms with van der Waals surface area (Å²) in [4.78, 5) is 11.5. The zero-order valence-corrected chi connectivity index (χ0v) is 7.80. The first-order valence-electron chi connectivity index (χ1n) is 4.51. The number of esters is 1. The van der Waals surface area contributed by atoms with Crippen molar-refractivity contribution in [1.29, 1.82) is 0 Å². The van der Waals surface area contributed by atoms with Crippen LogP contribution in [0.1, 0.15) is 32.6 Å². The number of carbonyl (C=O) groups is 1. The van der Waals surface area contributed by atoms with E-state index in [2.05, 4.69) is 0 Å². The Labute approximate surface area is 73.3 Å². The summed E-state index contributed by atoms with van der Waals surface area (Å²) in [5.74, 6) is -0.130. The van der Waals surface area contributed by atoms with Crippen LogP contribution in [0.25, 0.3) is 0 Å². The lowest BCUT2D eigenvalue weighted by molar-refractivity contribution is -0.153. The van der Waals surface area contributed by atoms with E-state index >= 15 is 0 Å². The van der Waals surface area contributed by atoms with Crippen LogP contribution in [0.2, 0.25) is 0 Å². The molecular weight excluding hydrogens is 154 g/mol. The zero-order valence-electron chi connectivity index (χ0n) is 7.80. The lowest BCUT2D eigenvalue weighted by atomic mass is 9.80. The summed E-state index contributed by atoms with van der Waals surface area (Å²) < 4.78 is 4.78. The molecule has 0 aromatic heterocycles. The van der Waals surface area contributed by atoms with E-state index in [0.717, 1.165) is 25.7 Å². The Morgan fingerprint density at radius 2 is 2.42 bits per heavy atom. The van der Waals surface area contributed by atoms with Gasteiger partial charge in [-0.3, -0.25) is 4.79 Å². The molecule has 2 N–H and O–H groups in total. The predicted octanol–water partition coefficient (Wildman–Crippen LogP) is 1.07. The maximum Gasteiger partial charge on any atom is 0.313 e. The van der Waals surface area contributed by atoms with E-state index in [1.165, 1.54) is 7.11 Å². The molecule has 1 rings (SSSR count). The van der Waals surface area contributed by atoms with Crippen molar-refractivity contribution < 1.29 is 9.53 Å². The highest BCUT2D eigenvalue weighted by atomic mass is 16.5. The molecule has 1 fully saturated rings. The SMILES string of the molecule is CC[C@]1(C(=O)OC)CCC[C@H]1N. The van der Waals surface area contributed by atoms with Gasteiger partial charge >= 0.3 is 5.97 Å². The van der Waals surface area contributed by atoms with Gasteiger partial charge in [-0.25, -0.2) is 0 Å². The number of hydrogen-bond donors (Lipinski definition) is 1. The number of hydrogen-bond acceptors (Lipinski definition) is 3. The Balaban J connectivity index is 2.81. The van der Waals surface area contributed by atoms with Crippen LogP contribution in [0, 0.1) is 5.41 Å². The second-order valence-corrected chi connectivity index (χ2v) is 3.50. The number of rotatable bonds is 2. The van der Waals surface area contributed by atoms with E-state index < -0.39 is 0 Å². The second kappa shape index (κ2) is 3.44. The molecule has 0 aromatic carbocycles. The fourth-order valence-electron chi connectivity index (χ4n) is 2.14. The molecule has 0 aliphatic heterocycles. The topological polar surface area (TPSA) is 52.3 Å². The lowest BCUT2D eigenvalue weighted by Gasteiger charge is -2.28. The van der Waals surface area contributed by atoms with Crippen LogP contribution in [0.15, 0.2) is 0 Å². The Morgan fingerprint density at radius 3 is 2.75 bits per heavy atom. The van der Waals surface area contributed by atoms with E-state index in [1.54, 1.807) is 0 Å². The molecule has 1 aliphatic rings. The Morgan fingerprint density at radius 1 is 1.75 bits per heavy atom. The zero-order chi connectivity index (χ0) is 9.19. The molecule has 0 amide bonds. The fraction of sp³-hybridized carbons (Fsp3) is 0.889.